The largest absolute Gasteiger partial charge is 0.493 e. The van der Waals surface area contributed by atoms with Crippen LogP contribution in [0.1, 0.15) is 20.3 Å². The minimum atomic E-state index is -0.467. The van der Waals surface area contributed by atoms with E-state index >= 15 is 0 Å². The van der Waals surface area contributed by atoms with E-state index < -0.39 is 5.97 Å². The Kier molecular flexibility index (Phi) is 7.08. The lowest BCUT2D eigenvalue weighted by molar-refractivity contribution is -0.149. The summed E-state index contributed by atoms with van der Waals surface area (Å²) in [5, 5.41) is 2.67. The summed E-state index contributed by atoms with van der Waals surface area (Å²) in [6, 6.07) is 6.87. The molecule has 3 N–H and O–H groups in total. The number of nitrogen functional groups attached to an aromatic ring is 1. The van der Waals surface area contributed by atoms with Crippen molar-refractivity contribution in [3.8, 4) is 5.75 Å². The van der Waals surface area contributed by atoms with E-state index in [0.717, 1.165) is 0 Å². The molecule has 0 aromatic heterocycles. The number of ether oxygens (including phenoxy) is 2. The molecule has 0 saturated carbocycles. The van der Waals surface area contributed by atoms with Gasteiger partial charge in [0.15, 0.2) is 6.61 Å². The van der Waals surface area contributed by atoms with Crippen LogP contribution in [0.2, 0.25) is 0 Å². The first-order chi connectivity index (χ1) is 9.97. The third kappa shape index (κ3) is 7.81. The predicted octanol–water partition coefficient (Wildman–Crippen LogP) is 1.35. The lowest BCUT2D eigenvalue weighted by Crippen LogP contribution is -2.31. The van der Waals surface area contributed by atoms with Gasteiger partial charge in [0.2, 0.25) is 0 Å². The Morgan fingerprint density at radius 2 is 1.90 bits per heavy atom. The highest BCUT2D eigenvalue weighted by Gasteiger charge is 2.08. The molecule has 116 valence electrons. The van der Waals surface area contributed by atoms with Crippen LogP contribution in [0.5, 0.6) is 5.75 Å². The number of hydrogen-bond acceptors (Lipinski definition) is 5. The summed E-state index contributed by atoms with van der Waals surface area (Å²) in [4.78, 5) is 22.8. The van der Waals surface area contributed by atoms with E-state index in [9.17, 15) is 9.59 Å². The molecule has 0 heterocycles. The van der Waals surface area contributed by atoms with Gasteiger partial charge in [-0.2, -0.15) is 0 Å². The van der Waals surface area contributed by atoms with Crippen molar-refractivity contribution in [3.63, 3.8) is 0 Å². The fourth-order valence-corrected chi connectivity index (χ4v) is 1.40. The van der Waals surface area contributed by atoms with Gasteiger partial charge in [-0.05, 0) is 30.2 Å². The van der Waals surface area contributed by atoms with Crippen molar-refractivity contribution < 1.29 is 19.1 Å². The maximum Gasteiger partial charge on any atom is 0.309 e. The minimum Gasteiger partial charge on any atom is -0.493 e. The van der Waals surface area contributed by atoms with Crippen molar-refractivity contribution in [3.05, 3.63) is 24.3 Å². The van der Waals surface area contributed by atoms with E-state index in [1.54, 1.807) is 24.3 Å². The molecule has 0 aliphatic heterocycles. The molecule has 0 saturated heterocycles. The average Bonchev–Trinajstić information content (AvgIpc) is 2.45. The lowest BCUT2D eigenvalue weighted by atomic mass is 10.2. The van der Waals surface area contributed by atoms with E-state index in [1.807, 2.05) is 13.8 Å². The summed E-state index contributed by atoms with van der Waals surface area (Å²) in [6.07, 6.45) is 0.0852. The Labute approximate surface area is 124 Å². The summed E-state index contributed by atoms with van der Waals surface area (Å²) >= 11 is 0. The second-order valence-electron chi connectivity index (χ2n) is 5.03. The normalized spacial score (nSPS) is 10.2. The maximum absolute atomic E-state index is 11.4. The molecule has 0 unspecified atom stereocenters. The van der Waals surface area contributed by atoms with Crippen molar-refractivity contribution in [2.24, 2.45) is 5.92 Å². The Hall–Kier alpha value is -2.24. The Morgan fingerprint density at radius 3 is 2.52 bits per heavy atom. The fourth-order valence-electron chi connectivity index (χ4n) is 1.40. The van der Waals surface area contributed by atoms with Gasteiger partial charge in [0.05, 0.1) is 13.0 Å². The zero-order valence-corrected chi connectivity index (χ0v) is 12.4. The zero-order chi connectivity index (χ0) is 15.7. The van der Waals surface area contributed by atoms with Crippen molar-refractivity contribution in [1.29, 1.82) is 0 Å². The summed E-state index contributed by atoms with van der Waals surface area (Å²) < 4.78 is 10.2. The van der Waals surface area contributed by atoms with Gasteiger partial charge in [-0.25, -0.2) is 0 Å². The van der Waals surface area contributed by atoms with Crippen molar-refractivity contribution >= 4 is 17.6 Å². The number of carbonyl (C=O) groups excluding carboxylic acids is 2. The number of esters is 1. The molecule has 1 amide bonds. The molecule has 0 aliphatic carbocycles. The van der Waals surface area contributed by atoms with Gasteiger partial charge in [0, 0.05) is 12.2 Å². The predicted molar refractivity (Wildman–Crippen MR) is 79.8 cm³/mol. The summed E-state index contributed by atoms with van der Waals surface area (Å²) in [6.45, 7) is 4.47. The smallest absolute Gasteiger partial charge is 0.309 e. The van der Waals surface area contributed by atoms with Crippen LogP contribution in [0, 0.1) is 5.92 Å². The van der Waals surface area contributed by atoms with E-state index in [4.69, 9.17) is 15.2 Å². The molecular weight excluding hydrogens is 272 g/mol. The number of amides is 1. The van der Waals surface area contributed by atoms with Crippen LogP contribution < -0.4 is 15.8 Å². The molecule has 0 spiro atoms. The van der Waals surface area contributed by atoms with Gasteiger partial charge >= 0.3 is 5.97 Å². The first-order valence-corrected chi connectivity index (χ1v) is 6.88. The zero-order valence-electron chi connectivity index (χ0n) is 12.4. The Balaban J connectivity index is 2.13. The van der Waals surface area contributed by atoms with Crippen LogP contribution in [0.15, 0.2) is 24.3 Å². The maximum atomic E-state index is 11.4. The topological polar surface area (TPSA) is 90.6 Å². The van der Waals surface area contributed by atoms with Crippen molar-refractivity contribution in [1.82, 2.24) is 5.32 Å². The first-order valence-electron chi connectivity index (χ1n) is 6.88. The summed E-state index contributed by atoms with van der Waals surface area (Å²) in [5.74, 6) is 0.228. The molecule has 6 nitrogen and oxygen atoms in total. The van der Waals surface area contributed by atoms with Crippen LogP contribution in [0.4, 0.5) is 5.69 Å². The fraction of sp³-hybridized carbons (Fsp3) is 0.467. The van der Waals surface area contributed by atoms with Gasteiger partial charge in [-0.1, -0.05) is 13.8 Å². The number of anilines is 1. The second kappa shape index (κ2) is 8.84. The first kappa shape index (κ1) is 16.8. The highest BCUT2D eigenvalue weighted by molar-refractivity contribution is 5.80. The quantitative estimate of drug-likeness (QED) is 0.558. The summed E-state index contributed by atoms with van der Waals surface area (Å²) in [5.41, 5.74) is 6.19. The highest BCUT2D eigenvalue weighted by atomic mass is 16.5. The lowest BCUT2D eigenvalue weighted by Gasteiger charge is -2.09. The summed E-state index contributed by atoms with van der Waals surface area (Å²) in [7, 11) is 0. The number of carbonyl (C=O) groups is 2. The van der Waals surface area contributed by atoms with E-state index in [2.05, 4.69) is 5.32 Å². The molecule has 0 aliphatic rings. The minimum absolute atomic E-state index is 0.0852. The van der Waals surface area contributed by atoms with Gasteiger partial charge in [0.1, 0.15) is 5.75 Å². The molecular formula is C15H22N2O4. The molecule has 1 aromatic rings. The number of rotatable bonds is 8. The molecule has 21 heavy (non-hydrogen) atoms. The van der Waals surface area contributed by atoms with Crippen molar-refractivity contribution in [2.75, 3.05) is 25.5 Å². The van der Waals surface area contributed by atoms with Crippen molar-refractivity contribution in [2.45, 2.75) is 20.3 Å². The number of hydrogen-bond donors (Lipinski definition) is 2. The van der Waals surface area contributed by atoms with Crippen LogP contribution >= 0.6 is 0 Å². The third-order valence-corrected chi connectivity index (χ3v) is 2.53. The average molecular weight is 294 g/mol. The Bertz CT molecular complexity index is 457. The number of benzene rings is 1. The highest BCUT2D eigenvalue weighted by Crippen LogP contribution is 2.13. The molecule has 0 radical (unpaired) electrons. The SMILES string of the molecule is CC(C)CNC(=O)COC(=O)CCOc1ccc(N)cc1. The molecule has 1 rings (SSSR count). The van der Waals surface area contributed by atoms with E-state index in [0.29, 0.717) is 23.9 Å². The van der Waals surface area contributed by atoms with Gasteiger partial charge < -0.3 is 20.5 Å². The molecule has 0 fully saturated rings. The van der Waals surface area contributed by atoms with Gasteiger partial charge in [-0.3, -0.25) is 9.59 Å². The van der Waals surface area contributed by atoms with Crippen LogP contribution in [-0.2, 0) is 14.3 Å². The van der Waals surface area contributed by atoms with Crippen LogP contribution in [0.3, 0.4) is 0 Å². The van der Waals surface area contributed by atoms with Gasteiger partial charge in [0.25, 0.3) is 5.91 Å². The molecule has 0 atom stereocenters. The van der Waals surface area contributed by atoms with Gasteiger partial charge in [-0.15, -0.1) is 0 Å². The molecule has 0 bridgehead atoms. The van der Waals surface area contributed by atoms with E-state index in [1.165, 1.54) is 0 Å². The third-order valence-electron chi connectivity index (χ3n) is 2.53. The Morgan fingerprint density at radius 1 is 1.24 bits per heavy atom. The van der Waals surface area contributed by atoms with Crippen LogP contribution in [0.25, 0.3) is 0 Å². The standard InChI is InChI=1S/C15H22N2O4/c1-11(2)9-17-14(18)10-21-15(19)7-8-20-13-5-3-12(16)4-6-13/h3-6,11H,7-10,16H2,1-2H3,(H,17,18). The van der Waals surface area contributed by atoms with E-state index in [-0.39, 0.29) is 25.5 Å². The second-order valence-corrected chi connectivity index (χ2v) is 5.03. The van der Waals surface area contributed by atoms with Crippen LogP contribution in [-0.4, -0.2) is 31.6 Å². The molecule has 1 aromatic carbocycles. The monoisotopic (exact) mass is 294 g/mol. The molecule has 6 heteroatoms. The number of nitrogens with one attached hydrogen (secondary N) is 1. The number of nitrogens with two attached hydrogens (primary N) is 1.